The van der Waals surface area contributed by atoms with E-state index in [9.17, 15) is 9.90 Å². The van der Waals surface area contributed by atoms with Crippen molar-refractivity contribution in [2.75, 3.05) is 51.4 Å². The average molecular weight is 610 g/mol. The highest BCUT2D eigenvalue weighted by Crippen LogP contribution is 2.41. The summed E-state index contributed by atoms with van der Waals surface area (Å²) in [6.07, 6.45) is 2.25. The van der Waals surface area contributed by atoms with Crippen LogP contribution in [0.15, 0.2) is 36.4 Å². The second-order valence-electron chi connectivity index (χ2n) is 11.1. The van der Waals surface area contributed by atoms with Gasteiger partial charge in [0.1, 0.15) is 11.6 Å². The highest BCUT2D eigenvalue weighted by molar-refractivity contribution is 6.34. The van der Waals surface area contributed by atoms with Crippen LogP contribution < -0.4 is 19.7 Å². The molecule has 0 radical (unpaired) electrons. The van der Waals surface area contributed by atoms with Gasteiger partial charge in [-0.05, 0) is 62.5 Å². The van der Waals surface area contributed by atoms with Crippen LogP contribution in [0.2, 0.25) is 5.02 Å². The number of piperidine rings is 1. The molecular formula is C32H40ClN5O5. The fraction of sp³-hybridized carbons (Fsp3) is 0.469. The molecule has 2 aliphatic heterocycles. The number of ether oxygens (including phenoxy) is 2. The topological polar surface area (TPSA) is 120 Å². The molecule has 0 bridgehead atoms. The van der Waals surface area contributed by atoms with Crippen LogP contribution in [-0.2, 0) is 24.4 Å². The number of methoxy groups -OCH3 is 1. The molecule has 5 rings (SSSR count). The summed E-state index contributed by atoms with van der Waals surface area (Å²) in [5.41, 5.74) is 6.08. The van der Waals surface area contributed by atoms with Crippen molar-refractivity contribution in [1.82, 2.24) is 20.2 Å². The Balaban J connectivity index is 1.25. The number of nitrogens with one attached hydrogen (secondary N) is 1. The first kappa shape index (κ1) is 31.0. The maximum Gasteiger partial charge on any atom is 0.306 e. The molecule has 0 saturated carbocycles. The van der Waals surface area contributed by atoms with Gasteiger partial charge < -0.3 is 34.8 Å². The molecule has 230 valence electrons. The van der Waals surface area contributed by atoms with Gasteiger partial charge in [0.15, 0.2) is 0 Å². The number of benzene rings is 2. The number of hydrogen-bond acceptors (Lipinski definition) is 9. The minimum absolute atomic E-state index is 0.0567. The molecule has 43 heavy (non-hydrogen) atoms. The zero-order valence-corrected chi connectivity index (χ0v) is 25.6. The van der Waals surface area contributed by atoms with Crippen molar-refractivity contribution >= 4 is 23.3 Å². The van der Waals surface area contributed by atoms with Crippen LogP contribution >= 0.6 is 11.6 Å². The third-order valence-corrected chi connectivity index (χ3v) is 8.66. The lowest BCUT2D eigenvalue weighted by molar-refractivity contribution is -0.143. The Morgan fingerprint density at radius 3 is 2.63 bits per heavy atom. The number of aliphatic hydroxyl groups excluding tert-OH is 1. The summed E-state index contributed by atoms with van der Waals surface area (Å²) in [6, 6.07) is 12.1. The quantitative estimate of drug-likeness (QED) is 0.242. The number of nitrogens with zero attached hydrogens (tertiary/aromatic N) is 4. The van der Waals surface area contributed by atoms with Gasteiger partial charge in [0.2, 0.25) is 5.88 Å². The van der Waals surface area contributed by atoms with Gasteiger partial charge in [-0.3, -0.25) is 4.79 Å². The van der Waals surface area contributed by atoms with Gasteiger partial charge in [-0.1, -0.05) is 35.9 Å². The number of fused-ring (bicyclic) bond motifs is 1. The van der Waals surface area contributed by atoms with E-state index in [1.54, 1.807) is 7.11 Å². The molecule has 10 nitrogen and oxygen atoms in total. The molecule has 2 aromatic carbocycles. The summed E-state index contributed by atoms with van der Waals surface area (Å²) in [5, 5.41) is 22.0. The summed E-state index contributed by atoms with van der Waals surface area (Å²) in [4.78, 5) is 25.1. The third-order valence-electron chi connectivity index (χ3n) is 8.27. The molecule has 1 fully saturated rings. The van der Waals surface area contributed by atoms with Gasteiger partial charge >= 0.3 is 5.97 Å². The zero-order chi connectivity index (χ0) is 30.3. The van der Waals surface area contributed by atoms with E-state index in [2.05, 4.69) is 39.2 Å². The van der Waals surface area contributed by atoms with E-state index in [1.807, 2.05) is 24.3 Å². The van der Waals surface area contributed by atoms with Gasteiger partial charge in [-0.2, -0.15) is 4.98 Å². The summed E-state index contributed by atoms with van der Waals surface area (Å²) >= 11 is 6.92. The van der Waals surface area contributed by atoms with E-state index >= 15 is 0 Å². The summed E-state index contributed by atoms with van der Waals surface area (Å²) in [5.74, 6) is 0.981. The highest BCUT2D eigenvalue weighted by atomic mass is 35.5. The maximum absolute atomic E-state index is 11.2. The maximum atomic E-state index is 11.2. The van der Waals surface area contributed by atoms with Crippen molar-refractivity contribution in [2.24, 2.45) is 5.92 Å². The van der Waals surface area contributed by atoms with Gasteiger partial charge in [0, 0.05) is 24.3 Å². The predicted molar refractivity (Wildman–Crippen MR) is 166 cm³/mol. The van der Waals surface area contributed by atoms with E-state index in [0.717, 1.165) is 59.7 Å². The Bertz CT molecular complexity index is 1430. The van der Waals surface area contributed by atoms with Crippen molar-refractivity contribution in [3.8, 4) is 22.8 Å². The summed E-state index contributed by atoms with van der Waals surface area (Å²) < 4.78 is 11.7. The Kier molecular flexibility index (Phi) is 10.3. The van der Waals surface area contributed by atoms with Crippen LogP contribution in [0.4, 0.5) is 5.69 Å². The average Bonchev–Trinajstić information content (AvgIpc) is 3.44. The van der Waals surface area contributed by atoms with Crippen molar-refractivity contribution in [2.45, 2.75) is 45.8 Å². The van der Waals surface area contributed by atoms with Gasteiger partial charge in [0.05, 0.1) is 62.2 Å². The fourth-order valence-electron chi connectivity index (χ4n) is 5.93. The lowest BCUT2D eigenvalue weighted by atomic mass is 9.97. The first-order chi connectivity index (χ1) is 20.9. The molecule has 3 aromatic rings. The van der Waals surface area contributed by atoms with Crippen LogP contribution in [0.3, 0.4) is 0 Å². The Morgan fingerprint density at radius 2 is 1.88 bits per heavy atom. The number of carboxylic acid groups (broad SMARTS) is 1. The molecule has 0 aliphatic carbocycles. The van der Waals surface area contributed by atoms with E-state index < -0.39 is 5.97 Å². The number of carbonyl (C=O) groups is 1. The van der Waals surface area contributed by atoms with Crippen LogP contribution in [-0.4, -0.2) is 77.6 Å². The van der Waals surface area contributed by atoms with Crippen molar-refractivity contribution in [3.63, 3.8) is 0 Å². The van der Waals surface area contributed by atoms with Gasteiger partial charge in [-0.25, -0.2) is 4.98 Å². The molecule has 1 saturated heterocycles. The summed E-state index contributed by atoms with van der Waals surface area (Å²) in [6.45, 7) is 7.41. The number of rotatable bonds is 13. The number of hydrogen-bond donors (Lipinski definition) is 3. The molecule has 11 heteroatoms. The van der Waals surface area contributed by atoms with Crippen LogP contribution in [0.1, 0.15) is 41.9 Å². The molecular weight excluding hydrogens is 570 g/mol. The van der Waals surface area contributed by atoms with E-state index in [0.29, 0.717) is 68.1 Å². The second kappa shape index (κ2) is 14.4. The molecule has 0 unspecified atom stereocenters. The van der Waals surface area contributed by atoms with Crippen molar-refractivity contribution in [3.05, 3.63) is 64.1 Å². The number of aliphatic carboxylic acids is 1. The number of aliphatic hydroxyl groups is 1. The lowest BCUT2D eigenvalue weighted by Crippen LogP contribution is -2.37. The molecule has 2 aliphatic rings. The molecule has 3 heterocycles. The fourth-order valence-corrected chi connectivity index (χ4v) is 6.22. The Labute approximate surface area is 257 Å². The monoisotopic (exact) mass is 609 g/mol. The van der Waals surface area contributed by atoms with Crippen molar-refractivity contribution in [1.29, 1.82) is 0 Å². The highest BCUT2D eigenvalue weighted by Gasteiger charge is 2.28. The Morgan fingerprint density at radius 1 is 1.12 bits per heavy atom. The molecule has 1 aromatic heterocycles. The smallest absolute Gasteiger partial charge is 0.306 e. The van der Waals surface area contributed by atoms with Gasteiger partial charge in [0.25, 0.3) is 0 Å². The first-order valence-electron chi connectivity index (χ1n) is 14.8. The van der Waals surface area contributed by atoms with Crippen molar-refractivity contribution < 1.29 is 24.5 Å². The normalized spacial score (nSPS) is 15.5. The number of anilines is 1. The molecule has 0 atom stereocenters. The standard InChI is InChI=1S/C32H40ClN5O5/c1-21-23(24-7-4-9-28(30(24)33)43-17-5-13-37-14-10-22(11-15-37)32(40)41)6-3-8-27(21)38-19-25-26(20-38)35-29(18-34-12-16-39)36-31(25)42-2/h3-4,6-9,22,34,39H,5,10-20H2,1-2H3,(H,40,41). The lowest BCUT2D eigenvalue weighted by Gasteiger charge is -2.29. The largest absolute Gasteiger partial charge is 0.492 e. The number of aromatic nitrogens is 2. The van der Waals surface area contributed by atoms with E-state index in [-0.39, 0.29) is 12.5 Å². The van der Waals surface area contributed by atoms with Crippen LogP contribution in [0.5, 0.6) is 11.6 Å². The first-order valence-corrected chi connectivity index (χ1v) is 15.2. The second-order valence-corrected chi connectivity index (χ2v) is 11.4. The predicted octanol–water partition coefficient (Wildman–Crippen LogP) is 4.28. The van der Waals surface area contributed by atoms with Crippen LogP contribution in [0, 0.1) is 12.8 Å². The molecule has 0 spiro atoms. The number of likely N-dealkylation sites (tertiary alicyclic amines) is 1. The number of carboxylic acids is 1. The molecule has 0 amide bonds. The molecule has 3 N–H and O–H groups in total. The number of halogens is 1. The minimum atomic E-state index is -0.684. The van der Waals surface area contributed by atoms with E-state index in [1.165, 1.54) is 0 Å². The minimum Gasteiger partial charge on any atom is -0.492 e. The Hall–Kier alpha value is -3.44. The van der Waals surface area contributed by atoms with Crippen LogP contribution in [0.25, 0.3) is 11.1 Å². The zero-order valence-electron chi connectivity index (χ0n) is 24.8. The van der Waals surface area contributed by atoms with E-state index in [4.69, 9.17) is 31.2 Å². The van der Waals surface area contributed by atoms with Gasteiger partial charge in [-0.15, -0.1) is 0 Å². The summed E-state index contributed by atoms with van der Waals surface area (Å²) in [7, 11) is 1.63. The third kappa shape index (κ3) is 7.21. The SMILES string of the molecule is COc1nc(CNCCO)nc2c1CN(c1cccc(-c3cccc(OCCCN4CCC(C(=O)O)CC4)c3Cl)c1C)C2.